The van der Waals surface area contributed by atoms with Crippen molar-refractivity contribution in [3.63, 3.8) is 0 Å². The first kappa shape index (κ1) is 17.7. The molecule has 1 aliphatic heterocycles. The van der Waals surface area contributed by atoms with Crippen LogP contribution in [0.25, 0.3) is 0 Å². The van der Waals surface area contributed by atoms with E-state index in [2.05, 4.69) is 15.6 Å². The fourth-order valence-electron chi connectivity index (χ4n) is 3.92. The first-order valence-electron chi connectivity index (χ1n) is 9.70. The van der Waals surface area contributed by atoms with Crippen LogP contribution in [0.3, 0.4) is 0 Å². The summed E-state index contributed by atoms with van der Waals surface area (Å²) in [5.74, 6) is -0.249. The van der Waals surface area contributed by atoms with E-state index in [1.54, 1.807) is 6.07 Å². The summed E-state index contributed by atoms with van der Waals surface area (Å²) < 4.78 is 13.7. The Balaban J connectivity index is 1.44. The van der Waals surface area contributed by atoms with Crippen molar-refractivity contribution in [3.8, 4) is 0 Å². The predicted molar refractivity (Wildman–Crippen MR) is 106 cm³/mol. The number of rotatable bonds is 3. The number of carbonyl (C=O) groups excluding carboxylic acids is 1. The summed E-state index contributed by atoms with van der Waals surface area (Å²) in [5, 5.41) is 5.95. The highest BCUT2D eigenvalue weighted by Gasteiger charge is 2.18. The normalized spacial score (nSPS) is 17.0. The molecule has 0 radical (unpaired) electrons. The minimum Gasteiger partial charge on any atom is -0.335 e. The summed E-state index contributed by atoms with van der Waals surface area (Å²) in [6.07, 6.45) is 6.58. The largest absolute Gasteiger partial charge is 0.335 e. The molecule has 2 amide bonds. The molecule has 4 nitrogen and oxygen atoms in total. The molecule has 5 heteroatoms. The summed E-state index contributed by atoms with van der Waals surface area (Å²) in [6.45, 7) is 0.706. The molecule has 0 bridgehead atoms. The Hall–Kier alpha value is -2.69. The van der Waals surface area contributed by atoms with E-state index in [4.69, 9.17) is 0 Å². The van der Waals surface area contributed by atoms with Gasteiger partial charge in [-0.25, -0.2) is 9.18 Å². The lowest BCUT2D eigenvalue weighted by Gasteiger charge is -2.23. The molecule has 0 saturated heterocycles. The van der Waals surface area contributed by atoms with E-state index in [9.17, 15) is 9.18 Å². The first-order valence-corrected chi connectivity index (χ1v) is 9.70. The zero-order valence-electron chi connectivity index (χ0n) is 15.3. The molecule has 1 saturated carbocycles. The summed E-state index contributed by atoms with van der Waals surface area (Å²) in [6, 6.07) is 12.6. The molecule has 1 aliphatic carbocycles. The Bertz CT molecular complexity index is 854. The van der Waals surface area contributed by atoms with E-state index in [0.29, 0.717) is 6.54 Å². The molecule has 27 heavy (non-hydrogen) atoms. The van der Waals surface area contributed by atoms with E-state index in [1.807, 2.05) is 30.3 Å². The highest BCUT2D eigenvalue weighted by molar-refractivity contribution is 6.14. The number of hydrogen-bond donors (Lipinski definition) is 2. The van der Waals surface area contributed by atoms with Crippen LogP contribution in [0.5, 0.6) is 0 Å². The molecule has 2 aromatic rings. The summed E-state index contributed by atoms with van der Waals surface area (Å²) >= 11 is 0. The Morgan fingerprint density at radius 2 is 1.81 bits per heavy atom. The van der Waals surface area contributed by atoms with Crippen molar-refractivity contribution in [2.75, 3.05) is 11.9 Å². The van der Waals surface area contributed by atoms with Gasteiger partial charge in [-0.1, -0.05) is 37.5 Å². The van der Waals surface area contributed by atoms with E-state index in [1.165, 1.54) is 25.3 Å². The highest BCUT2D eigenvalue weighted by Crippen LogP contribution is 2.23. The van der Waals surface area contributed by atoms with Gasteiger partial charge in [-0.2, -0.15) is 0 Å². The maximum Gasteiger partial charge on any atom is 0.319 e. The topological polar surface area (TPSA) is 53.5 Å². The van der Waals surface area contributed by atoms with Crippen LogP contribution in [0.2, 0.25) is 0 Å². The molecule has 140 valence electrons. The van der Waals surface area contributed by atoms with Crippen molar-refractivity contribution in [3.05, 3.63) is 65.0 Å². The second-order valence-electron chi connectivity index (χ2n) is 7.29. The van der Waals surface area contributed by atoms with Crippen molar-refractivity contribution >= 4 is 17.4 Å². The zero-order valence-corrected chi connectivity index (χ0v) is 15.3. The first-order chi connectivity index (χ1) is 13.2. The molecule has 1 fully saturated rings. The molecule has 2 aliphatic rings. The molecule has 0 aromatic heterocycles. The highest BCUT2D eigenvalue weighted by atomic mass is 19.1. The van der Waals surface area contributed by atoms with Crippen LogP contribution in [-0.4, -0.2) is 24.3 Å². The predicted octanol–water partition coefficient (Wildman–Crippen LogP) is 4.67. The molecule has 0 atom stereocenters. The Labute approximate surface area is 158 Å². The van der Waals surface area contributed by atoms with Gasteiger partial charge in [-0.15, -0.1) is 0 Å². The van der Waals surface area contributed by atoms with Crippen molar-refractivity contribution in [2.24, 2.45) is 4.99 Å². The average molecular weight is 365 g/mol. The quantitative estimate of drug-likeness (QED) is 0.816. The molecule has 0 unspecified atom stereocenters. The molecule has 1 heterocycles. The minimum absolute atomic E-state index is 0.155. The summed E-state index contributed by atoms with van der Waals surface area (Å²) in [4.78, 5) is 16.8. The second kappa shape index (κ2) is 7.91. The summed E-state index contributed by atoms with van der Waals surface area (Å²) in [5.41, 5.74) is 4.46. The standard InChI is InChI=1S/C22H24FN3O/c23-17-9-6-15-12-13-24-21(20(15)14-17)16-7-10-19(11-8-16)26-22(27)25-18-4-2-1-3-5-18/h6-11,14,18H,1-5,12-13H2,(H2,25,26,27). The van der Waals surface area contributed by atoms with Gasteiger partial charge in [0.25, 0.3) is 0 Å². The monoisotopic (exact) mass is 365 g/mol. The third kappa shape index (κ3) is 4.18. The van der Waals surface area contributed by atoms with Gasteiger partial charge in [0.15, 0.2) is 0 Å². The smallest absolute Gasteiger partial charge is 0.319 e. The maximum atomic E-state index is 13.7. The van der Waals surface area contributed by atoms with E-state index >= 15 is 0 Å². The number of hydrogen-bond acceptors (Lipinski definition) is 2. The van der Waals surface area contributed by atoms with Crippen molar-refractivity contribution in [1.82, 2.24) is 5.32 Å². The Morgan fingerprint density at radius 3 is 2.59 bits per heavy atom. The number of carbonyl (C=O) groups is 1. The molecule has 2 N–H and O–H groups in total. The number of nitrogens with one attached hydrogen (secondary N) is 2. The van der Waals surface area contributed by atoms with Crippen LogP contribution in [-0.2, 0) is 6.42 Å². The fourth-order valence-corrected chi connectivity index (χ4v) is 3.92. The number of anilines is 1. The second-order valence-corrected chi connectivity index (χ2v) is 7.29. The number of fused-ring (bicyclic) bond motifs is 1. The average Bonchev–Trinajstić information content (AvgIpc) is 2.69. The Kier molecular flexibility index (Phi) is 5.19. The van der Waals surface area contributed by atoms with E-state index in [0.717, 1.165) is 47.4 Å². The van der Waals surface area contributed by atoms with Crippen LogP contribution in [0, 0.1) is 5.82 Å². The van der Waals surface area contributed by atoms with Crippen LogP contribution >= 0.6 is 0 Å². The SMILES string of the molecule is O=C(Nc1ccc(C2=NCCc3ccc(F)cc32)cc1)NC1CCCCC1. The Morgan fingerprint density at radius 1 is 1.04 bits per heavy atom. The number of amides is 2. The van der Waals surface area contributed by atoms with Gasteiger partial charge in [0, 0.05) is 29.4 Å². The molecular formula is C22H24FN3O. The number of urea groups is 1. The summed E-state index contributed by atoms with van der Waals surface area (Å²) in [7, 11) is 0. The minimum atomic E-state index is -0.249. The van der Waals surface area contributed by atoms with Gasteiger partial charge in [-0.3, -0.25) is 4.99 Å². The third-order valence-corrected chi connectivity index (χ3v) is 5.33. The number of halogens is 1. The van der Waals surface area contributed by atoms with Gasteiger partial charge >= 0.3 is 6.03 Å². The molecule has 0 spiro atoms. The van der Waals surface area contributed by atoms with Crippen LogP contribution in [0.4, 0.5) is 14.9 Å². The van der Waals surface area contributed by atoms with Crippen LogP contribution < -0.4 is 10.6 Å². The van der Waals surface area contributed by atoms with Crippen molar-refractivity contribution in [1.29, 1.82) is 0 Å². The van der Waals surface area contributed by atoms with Crippen LogP contribution in [0.15, 0.2) is 47.5 Å². The lowest BCUT2D eigenvalue weighted by atomic mass is 9.93. The van der Waals surface area contributed by atoms with Gasteiger partial charge in [-0.05, 0) is 49.1 Å². The maximum absolute atomic E-state index is 13.7. The van der Waals surface area contributed by atoms with E-state index < -0.39 is 0 Å². The van der Waals surface area contributed by atoms with Crippen molar-refractivity contribution < 1.29 is 9.18 Å². The van der Waals surface area contributed by atoms with Gasteiger partial charge in [0.1, 0.15) is 5.82 Å². The van der Waals surface area contributed by atoms with Gasteiger partial charge in [0.2, 0.25) is 0 Å². The molecule has 2 aromatic carbocycles. The third-order valence-electron chi connectivity index (χ3n) is 5.33. The van der Waals surface area contributed by atoms with Crippen molar-refractivity contribution in [2.45, 2.75) is 44.6 Å². The lowest BCUT2D eigenvalue weighted by Crippen LogP contribution is -2.39. The van der Waals surface area contributed by atoms with Crippen LogP contribution in [0.1, 0.15) is 48.8 Å². The molecular weight excluding hydrogens is 341 g/mol. The molecule has 4 rings (SSSR count). The zero-order chi connectivity index (χ0) is 18.6. The van der Waals surface area contributed by atoms with E-state index in [-0.39, 0.29) is 17.9 Å². The fraction of sp³-hybridized carbons (Fsp3) is 0.364. The van der Waals surface area contributed by atoms with Gasteiger partial charge < -0.3 is 10.6 Å². The van der Waals surface area contributed by atoms with Gasteiger partial charge in [0.05, 0.1) is 5.71 Å². The number of nitrogens with zero attached hydrogens (tertiary/aromatic N) is 1. The lowest BCUT2D eigenvalue weighted by molar-refractivity contribution is 0.244. The number of aliphatic imine (C=N–C) groups is 1. The number of benzene rings is 2.